The van der Waals surface area contributed by atoms with Crippen LogP contribution >= 0.6 is 0 Å². The van der Waals surface area contributed by atoms with Gasteiger partial charge in [0.05, 0.1) is 24.8 Å². The Balaban J connectivity index is 1.97. The molecule has 130 valence electrons. The fourth-order valence-corrected chi connectivity index (χ4v) is 3.40. The minimum absolute atomic E-state index is 0.0412. The van der Waals surface area contributed by atoms with Crippen molar-refractivity contribution >= 4 is 5.91 Å². The summed E-state index contributed by atoms with van der Waals surface area (Å²) >= 11 is 0. The maximum Gasteiger partial charge on any atom is 0.237 e. The first-order valence-electron chi connectivity index (χ1n) is 8.54. The molecular formula is C17H30N4O2. The van der Waals surface area contributed by atoms with Crippen molar-refractivity contribution in [3.63, 3.8) is 0 Å². The molecule has 4 atom stereocenters. The third kappa shape index (κ3) is 5.04. The van der Waals surface area contributed by atoms with E-state index in [1.54, 1.807) is 6.20 Å². The highest BCUT2D eigenvalue weighted by molar-refractivity contribution is 5.82. The first-order valence-corrected chi connectivity index (χ1v) is 8.54. The zero-order chi connectivity index (χ0) is 17.0. The normalized spacial score (nSPS) is 25.3. The number of amides is 1. The topological polar surface area (TPSA) is 59.4 Å². The van der Waals surface area contributed by atoms with E-state index in [0.717, 1.165) is 13.1 Å². The third-order valence-electron chi connectivity index (χ3n) is 4.15. The SMILES string of the molecule is CC(C)[C@@H](C(=O)N[C@H](C)Cn1cccn1)N1C[C@@H](C)O[C@@H](C)C1. The summed E-state index contributed by atoms with van der Waals surface area (Å²) in [6.45, 7) is 12.6. The molecule has 6 nitrogen and oxygen atoms in total. The largest absolute Gasteiger partial charge is 0.373 e. The predicted molar refractivity (Wildman–Crippen MR) is 90.0 cm³/mol. The molecule has 1 amide bonds. The van der Waals surface area contributed by atoms with Crippen LogP contribution in [0.4, 0.5) is 0 Å². The lowest BCUT2D eigenvalue weighted by Crippen LogP contribution is -2.58. The van der Waals surface area contributed by atoms with E-state index >= 15 is 0 Å². The van der Waals surface area contributed by atoms with Gasteiger partial charge in [0.25, 0.3) is 0 Å². The summed E-state index contributed by atoms with van der Waals surface area (Å²) in [5, 5.41) is 7.34. The van der Waals surface area contributed by atoms with E-state index < -0.39 is 0 Å². The highest BCUT2D eigenvalue weighted by Crippen LogP contribution is 2.18. The summed E-state index contributed by atoms with van der Waals surface area (Å²) in [4.78, 5) is 15.1. The molecule has 1 aliphatic heterocycles. The Hall–Kier alpha value is -1.40. The average Bonchev–Trinajstić information content (AvgIpc) is 2.89. The van der Waals surface area contributed by atoms with Crippen molar-refractivity contribution in [3.8, 4) is 0 Å². The number of carbonyl (C=O) groups excluding carboxylic acids is 1. The molecule has 2 rings (SSSR count). The van der Waals surface area contributed by atoms with Gasteiger partial charge in [-0.2, -0.15) is 5.10 Å². The molecule has 1 aromatic rings. The average molecular weight is 322 g/mol. The number of hydrogen-bond donors (Lipinski definition) is 1. The maximum absolute atomic E-state index is 12.8. The number of carbonyl (C=O) groups is 1. The molecule has 2 heterocycles. The van der Waals surface area contributed by atoms with Gasteiger partial charge in [0.2, 0.25) is 5.91 Å². The van der Waals surface area contributed by atoms with Crippen LogP contribution in [0.3, 0.4) is 0 Å². The predicted octanol–water partition coefficient (Wildman–Crippen LogP) is 1.52. The van der Waals surface area contributed by atoms with Crippen LogP contribution in [0, 0.1) is 5.92 Å². The van der Waals surface area contributed by atoms with Gasteiger partial charge in [-0.3, -0.25) is 14.4 Å². The van der Waals surface area contributed by atoms with Crippen molar-refractivity contribution in [2.24, 2.45) is 5.92 Å². The second-order valence-electron chi connectivity index (χ2n) is 7.04. The van der Waals surface area contributed by atoms with E-state index in [-0.39, 0.29) is 36.1 Å². The van der Waals surface area contributed by atoms with Crippen LogP contribution in [0.5, 0.6) is 0 Å². The molecule has 0 aliphatic carbocycles. The van der Waals surface area contributed by atoms with Gasteiger partial charge in [0, 0.05) is 31.5 Å². The van der Waals surface area contributed by atoms with E-state index in [1.165, 1.54) is 0 Å². The van der Waals surface area contributed by atoms with Gasteiger partial charge in [-0.05, 0) is 32.8 Å². The molecule has 0 aromatic carbocycles. The Kier molecular flexibility index (Phi) is 6.18. The van der Waals surface area contributed by atoms with Crippen molar-refractivity contribution in [2.75, 3.05) is 13.1 Å². The zero-order valence-electron chi connectivity index (χ0n) is 14.9. The molecule has 1 aromatic heterocycles. The summed E-state index contributed by atoms with van der Waals surface area (Å²) in [5.41, 5.74) is 0. The number of hydrogen-bond acceptors (Lipinski definition) is 4. The van der Waals surface area contributed by atoms with Gasteiger partial charge in [-0.1, -0.05) is 13.8 Å². The van der Waals surface area contributed by atoms with Crippen molar-refractivity contribution in [1.29, 1.82) is 0 Å². The van der Waals surface area contributed by atoms with Crippen molar-refractivity contribution in [2.45, 2.75) is 65.5 Å². The minimum Gasteiger partial charge on any atom is -0.373 e. The Morgan fingerprint density at radius 1 is 1.30 bits per heavy atom. The minimum atomic E-state index is -0.121. The van der Waals surface area contributed by atoms with Crippen LogP contribution < -0.4 is 5.32 Å². The molecule has 0 saturated carbocycles. The smallest absolute Gasteiger partial charge is 0.237 e. The molecule has 1 aliphatic rings. The van der Waals surface area contributed by atoms with Crippen LogP contribution in [0.2, 0.25) is 0 Å². The van der Waals surface area contributed by atoms with Gasteiger partial charge in [-0.25, -0.2) is 0 Å². The van der Waals surface area contributed by atoms with Crippen molar-refractivity contribution < 1.29 is 9.53 Å². The lowest BCUT2D eigenvalue weighted by atomic mass is 9.99. The Morgan fingerprint density at radius 2 is 1.96 bits per heavy atom. The van der Waals surface area contributed by atoms with Crippen LogP contribution in [-0.4, -0.2) is 58.0 Å². The lowest BCUT2D eigenvalue weighted by Gasteiger charge is -2.41. The van der Waals surface area contributed by atoms with Crippen LogP contribution in [0.15, 0.2) is 18.5 Å². The van der Waals surface area contributed by atoms with E-state index in [4.69, 9.17) is 4.74 Å². The molecule has 6 heteroatoms. The number of nitrogens with zero attached hydrogens (tertiary/aromatic N) is 3. The molecule has 0 bridgehead atoms. The summed E-state index contributed by atoms with van der Waals surface area (Å²) < 4.78 is 7.63. The molecule has 0 unspecified atom stereocenters. The Morgan fingerprint density at radius 3 is 2.48 bits per heavy atom. The van der Waals surface area contributed by atoms with Crippen molar-refractivity contribution in [3.05, 3.63) is 18.5 Å². The molecule has 1 fully saturated rings. The van der Waals surface area contributed by atoms with Crippen LogP contribution in [0.1, 0.15) is 34.6 Å². The Bertz CT molecular complexity index is 479. The van der Waals surface area contributed by atoms with Gasteiger partial charge < -0.3 is 10.1 Å². The number of aromatic nitrogens is 2. The summed E-state index contributed by atoms with van der Waals surface area (Å²) in [5.74, 6) is 0.352. The number of nitrogens with one attached hydrogen (secondary N) is 1. The maximum atomic E-state index is 12.8. The zero-order valence-corrected chi connectivity index (χ0v) is 14.9. The fraction of sp³-hybridized carbons (Fsp3) is 0.765. The molecule has 23 heavy (non-hydrogen) atoms. The van der Waals surface area contributed by atoms with Gasteiger partial charge in [-0.15, -0.1) is 0 Å². The summed E-state index contributed by atoms with van der Waals surface area (Å²) in [6.07, 6.45) is 3.99. The second kappa shape index (κ2) is 7.93. The molecule has 1 saturated heterocycles. The summed E-state index contributed by atoms with van der Waals surface area (Å²) in [6, 6.07) is 1.81. The highest BCUT2D eigenvalue weighted by atomic mass is 16.5. The van der Waals surface area contributed by atoms with E-state index in [2.05, 4.69) is 43.0 Å². The van der Waals surface area contributed by atoms with Crippen molar-refractivity contribution in [1.82, 2.24) is 20.0 Å². The van der Waals surface area contributed by atoms with Crippen LogP contribution in [-0.2, 0) is 16.1 Å². The Labute approximate surface area is 139 Å². The quantitative estimate of drug-likeness (QED) is 0.863. The second-order valence-corrected chi connectivity index (χ2v) is 7.04. The molecule has 0 radical (unpaired) electrons. The lowest BCUT2D eigenvalue weighted by molar-refractivity contribution is -0.136. The molecule has 1 N–H and O–H groups in total. The first-order chi connectivity index (χ1) is 10.9. The summed E-state index contributed by atoms with van der Waals surface area (Å²) in [7, 11) is 0. The number of ether oxygens (including phenoxy) is 1. The molecular weight excluding hydrogens is 292 g/mol. The van der Waals surface area contributed by atoms with Gasteiger partial charge in [0.15, 0.2) is 0 Å². The highest BCUT2D eigenvalue weighted by Gasteiger charge is 2.34. The molecule has 0 spiro atoms. The monoisotopic (exact) mass is 322 g/mol. The van der Waals surface area contributed by atoms with E-state index in [9.17, 15) is 4.79 Å². The van der Waals surface area contributed by atoms with E-state index in [1.807, 2.05) is 23.9 Å². The third-order valence-corrected chi connectivity index (χ3v) is 4.15. The fourth-order valence-electron chi connectivity index (χ4n) is 3.40. The van der Waals surface area contributed by atoms with Gasteiger partial charge in [0.1, 0.15) is 0 Å². The number of morpholine rings is 1. The van der Waals surface area contributed by atoms with Crippen LogP contribution in [0.25, 0.3) is 0 Å². The number of rotatable bonds is 6. The standard InChI is InChI=1S/C17H30N4O2/c1-12(2)16(20-10-14(4)23-15(5)11-20)17(22)19-13(3)9-21-8-6-7-18-21/h6-8,12-16H,9-11H2,1-5H3,(H,19,22)/t13-,14-,15+,16+/m1/s1. The van der Waals surface area contributed by atoms with E-state index in [0.29, 0.717) is 6.54 Å². The van der Waals surface area contributed by atoms with Gasteiger partial charge >= 0.3 is 0 Å². The first kappa shape index (κ1) is 17.9.